The number of phenolic OH excluding ortho intramolecular Hbond substituents is 1. The second-order valence-corrected chi connectivity index (χ2v) is 4.75. The summed E-state index contributed by atoms with van der Waals surface area (Å²) in [4.78, 5) is 12.3. The van der Waals surface area contributed by atoms with Crippen LogP contribution in [0.1, 0.15) is 16.8 Å². The van der Waals surface area contributed by atoms with Gasteiger partial charge in [0.15, 0.2) is 11.5 Å². The fraction of sp³-hybridized carbons (Fsp3) is 0.385. The molecule has 1 unspecified atom stereocenters. The zero-order valence-electron chi connectivity index (χ0n) is 11.7. The van der Waals surface area contributed by atoms with Gasteiger partial charge in [-0.3, -0.25) is 4.79 Å². The van der Waals surface area contributed by atoms with Crippen molar-refractivity contribution in [1.82, 2.24) is 5.01 Å². The van der Waals surface area contributed by atoms with E-state index in [1.807, 2.05) is 0 Å². The summed E-state index contributed by atoms with van der Waals surface area (Å²) in [5, 5.41) is 22.4. The Bertz CT molecular complexity index is 653. The summed E-state index contributed by atoms with van der Waals surface area (Å²) in [6, 6.07) is 3.13. The van der Waals surface area contributed by atoms with Gasteiger partial charge in [-0.2, -0.15) is 10.1 Å². The number of amides is 1. The first kappa shape index (κ1) is 17.0. The summed E-state index contributed by atoms with van der Waals surface area (Å²) in [5.41, 5.74) is -4.46. The van der Waals surface area contributed by atoms with E-state index in [-0.39, 0.29) is 22.1 Å². The lowest BCUT2D eigenvalue weighted by Crippen LogP contribution is -2.51. The summed E-state index contributed by atoms with van der Waals surface area (Å²) in [7, 11) is 1.20. The van der Waals surface area contributed by atoms with Gasteiger partial charge in [-0.15, -0.1) is 0 Å². The monoisotopic (exact) mass is 336 g/mol. The van der Waals surface area contributed by atoms with Crippen LogP contribution in [-0.2, 0) is 0 Å². The molecular formula is C13H12F4N2O4. The van der Waals surface area contributed by atoms with Crippen LogP contribution in [0.25, 0.3) is 0 Å². The highest BCUT2D eigenvalue weighted by molar-refractivity contribution is 5.99. The molecule has 0 aliphatic carbocycles. The quantitative estimate of drug-likeness (QED) is 0.822. The highest BCUT2D eigenvalue weighted by Gasteiger charge is 2.53. The van der Waals surface area contributed by atoms with Crippen molar-refractivity contribution in [1.29, 1.82) is 0 Å². The van der Waals surface area contributed by atoms with Gasteiger partial charge in [0.05, 0.1) is 7.11 Å². The smallest absolute Gasteiger partial charge is 0.287 e. The Hall–Kier alpha value is -2.36. The standard InChI is InChI=1S/C13H12F4N2O4/c1-23-9-4-6(2-3-8(9)20)11(21)19-13(22,12(16)17)5-7(18-19)10(14)15/h2-4,10,12,20,22H,5H2,1H3. The lowest BCUT2D eigenvalue weighted by molar-refractivity contribution is -0.164. The number of halogens is 4. The van der Waals surface area contributed by atoms with Gasteiger partial charge in [-0.1, -0.05) is 0 Å². The fourth-order valence-corrected chi connectivity index (χ4v) is 2.04. The van der Waals surface area contributed by atoms with Crippen LogP contribution in [0.5, 0.6) is 11.5 Å². The SMILES string of the molecule is COc1cc(C(=O)N2N=C(C(F)F)CC2(O)C(F)F)ccc1O. The van der Waals surface area contributed by atoms with E-state index in [9.17, 15) is 32.6 Å². The summed E-state index contributed by atoms with van der Waals surface area (Å²) in [6.45, 7) is 0. The minimum Gasteiger partial charge on any atom is -0.504 e. The molecule has 1 amide bonds. The molecule has 0 saturated carbocycles. The number of rotatable bonds is 4. The van der Waals surface area contributed by atoms with E-state index in [0.29, 0.717) is 0 Å². The Balaban J connectivity index is 2.42. The summed E-state index contributed by atoms with van der Waals surface area (Å²) in [5.74, 6) is -1.68. The van der Waals surface area contributed by atoms with Crippen LogP contribution in [0.3, 0.4) is 0 Å². The zero-order valence-corrected chi connectivity index (χ0v) is 11.7. The fourth-order valence-electron chi connectivity index (χ4n) is 2.04. The van der Waals surface area contributed by atoms with Crippen molar-refractivity contribution in [3.63, 3.8) is 0 Å². The number of nitrogens with zero attached hydrogens (tertiary/aromatic N) is 2. The van der Waals surface area contributed by atoms with E-state index in [1.54, 1.807) is 0 Å². The molecule has 1 aromatic carbocycles. The van der Waals surface area contributed by atoms with Crippen molar-refractivity contribution in [2.24, 2.45) is 5.10 Å². The number of carbonyl (C=O) groups excluding carboxylic acids is 1. The number of benzene rings is 1. The third-order valence-corrected chi connectivity index (χ3v) is 3.26. The van der Waals surface area contributed by atoms with E-state index in [2.05, 4.69) is 5.10 Å². The Kier molecular flexibility index (Phi) is 4.46. The number of hydrogen-bond acceptors (Lipinski definition) is 5. The molecule has 0 radical (unpaired) electrons. The molecule has 1 atom stereocenters. The third kappa shape index (κ3) is 2.93. The maximum absolute atomic E-state index is 13.1. The van der Waals surface area contributed by atoms with Gasteiger partial charge in [0, 0.05) is 12.0 Å². The third-order valence-electron chi connectivity index (χ3n) is 3.26. The zero-order chi connectivity index (χ0) is 17.4. The van der Waals surface area contributed by atoms with Crippen molar-refractivity contribution in [2.75, 3.05) is 7.11 Å². The average molecular weight is 336 g/mol. The van der Waals surface area contributed by atoms with E-state index >= 15 is 0 Å². The number of alkyl halides is 4. The number of aromatic hydroxyl groups is 1. The Morgan fingerprint density at radius 3 is 2.57 bits per heavy atom. The van der Waals surface area contributed by atoms with Crippen molar-refractivity contribution in [3.05, 3.63) is 23.8 Å². The Morgan fingerprint density at radius 2 is 2.04 bits per heavy atom. The van der Waals surface area contributed by atoms with Crippen LogP contribution in [0, 0.1) is 0 Å². The highest BCUT2D eigenvalue weighted by atomic mass is 19.3. The van der Waals surface area contributed by atoms with Gasteiger partial charge in [0.25, 0.3) is 18.8 Å². The highest BCUT2D eigenvalue weighted by Crippen LogP contribution is 2.35. The van der Waals surface area contributed by atoms with Crippen molar-refractivity contribution < 1.29 is 37.3 Å². The Labute approximate surface area is 127 Å². The molecule has 1 aliphatic heterocycles. The van der Waals surface area contributed by atoms with E-state index in [4.69, 9.17) is 4.74 Å². The molecule has 0 spiro atoms. The van der Waals surface area contributed by atoms with Gasteiger partial charge < -0.3 is 14.9 Å². The van der Waals surface area contributed by atoms with Crippen LogP contribution in [0.4, 0.5) is 17.6 Å². The second kappa shape index (κ2) is 6.03. The van der Waals surface area contributed by atoms with E-state index in [0.717, 1.165) is 18.2 Å². The van der Waals surface area contributed by atoms with Crippen LogP contribution in [-0.4, -0.2) is 52.5 Å². The molecule has 6 nitrogen and oxygen atoms in total. The predicted octanol–water partition coefficient (Wildman–Crippen LogP) is 1.82. The second-order valence-electron chi connectivity index (χ2n) is 4.75. The van der Waals surface area contributed by atoms with Gasteiger partial charge in [-0.25, -0.2) is 17.6 Å². The molecule has 2 N–H and O–H groups in total. The normalized spacial score (nSPS) is 21.0. The number of phenols is 1. The van der Waals surface area contributed by atoms with Gasteiger partial charge in [-0.05, 0) is 18.2 Å². The number of hydrazone groups is 1. The lowest BCUT2D eigenvalue weighted by Gasteiger charge is -2.30. The summed E-state index contributed by atoms with van der Waals surface area (Å²) in [6.07, 6.45) is -7.86. The van der Waals surface area contributed by atoms with Crippen molar-refractivity contribution in [3.8, 4) is 11.5 Å². The number of ether oxygens (including phenoxy) is 1. The first-order chi connectivity index (χ1) is 10.7. The molecule has 1 aliphatic rings. The predicted molar refractivity (Wildman–Crippen MR) is 69.8 cm³/mol. The van der Waals surface area contributed by atoms with Gasteiger partial charge >= 0.3 is 0 Å². The van der Waals surface area contributed by atoms with Gasteiger partial charge in [0.1, 0.15) is 5.71 Å². The summed E-state index contributed by atoms with van der Waals surface area (Å²) < 4.78 is 56.3. The average Bonchev–Trinajstić information content (AvgIpc) is 2.86. The molecule has 1 aromatic rings. The maximum Gasteiger partial charge on any atom is 0.287 e. The molecule has 23 heavy (non-hydrogen) atoms. The molecule has 0 fully saturated rings. The molecule has 2 rings (SSSR count). The summed E-state index contributed by atoms with van der Waals surface area (Å²) >= 11 is 0. The van der Waals surface area contributed by atoms with E-state index < -0.39 is 36.6 Å². The molecule has 126 valence electrons. The largest absolute Gasteiger partial charge is 0.504 e. The van der Waals surface area contributed by atoms with Crippen LogP contribution < -0.4 is 4.74 Å². The topological polar surface area (TPSA) is 82.4 Å². The number of carbonyl (C=O) groups is 1. The lowest BCUT2D eigenvalue weighted by atomic mass is 10.1. The van der Waals surface area contributed by atoms with Crippen molar-refractivity contribution in [2.45, 2.75) is 25.0 Å². The molecule has 0 saturated heterocycles. The Morgan fingerprint density at radius 1 is 1.39 bits per heavy atom. The van der Waals surface area contributed by atoms with Crippen LogP contribution in [0.2, 0.25) is 0 Å². The van der Waals surface area contributed by atoms with Crippen LogP contribution in [0.15, 0.2) is 23.3 Å². The number of hydrogen-bond donors (Lipinski definition) is 2. The van der Waals surface area contributed by atoms with Crippen molar-refractivity contribution >= 4 is 11.6 Å². The number of methoxy groups -OCH3 is 1. The molecule has 10 heteroatoms. The molecular weight excluding hydrogens is 324 g/mol. The first-order valence-electron chi connectivity index (χ1n) is 6.28. The number of aliphatic hydroxyl groups is 1. The maximum atomic E-state index is 13.1. The molecule has 1 heterocycles. The minimum atomic E-state index is -3.51. The minimum absolute atomic E-state index is 0.0645. The molecule has 0 bridgehead atoms. The van der Waals surface area contributed by atoms with Crippen LogP contribution >= 0.6 is 0 Å². The van der Waals surface area contributed by atoms with E-state index in [1.165, 1.54) is 7.11 Å². The first-order valence-corrected chi connectivity index (χ1v) is 6.28. The van der Waals surface area contributed by atoms with Gasteiger partial charge in [0.2, 0.25) is 5.72 Å². The molecule has 0 aromatic heterocycles.